The number of ether oxygens (including phenoxy) is 1. The highest BCUT2D eigenvalue weighted by molar-refractivity contribution is 8.26. The lowest BCUT2D eigenvalue weighted by atomic mass is 9.90. The minimum atomic E-state index is -1.21. The highest BCUT2D eigenvalue weighted by Gasteiger charge is 2.70. The normalized spacial score (nSPS) is 26.4. The highest BCUT2D eigenvalue weighted by Crippen LogP contribution is 2.47. The van der Waals surface area contributed by atoms with Crippen LogP contribution in [0.4, 0.5) is 8.78 Å². The molecule has 3 heterocycles. The Morgan fingerprint density at radius 2 is 1.91 bits per heavy atom. The molecule has 2 saturated heterocycles. The van der Waals surface area contributed by atoms with Gasteiger partial charge in [-0.25, -0.2) is 8.78 Å². The number of quaternary nitrogens is 1. The van der Waals surface area contributed by atoms with E-state index < -0.39 is 40.8 Å². The molecule has 174 valence electrons. The zero-order chi connectivity index (χ0) is 24.1. The molecule has 2 atom stereocenters. The summed E-state index contributed by atoms with van der Waals surface area (Å²) in [4.78, 5) is 40.4. The average Bonchev–Trinajstić information content (AvgIpc) is 2.92. The van der Waals surface area contributed by atoms with Crippen molar-refractivity contribution in [2.75, 3.05) is 27.3 Å². The molecule has 8 nitrogen and oxygen atoms in total. The molecule has 2 N–H and O–H groups in total. The summed E-state index contributed by atoms with van der Waals surface area (Å²) in [6.07, 6.45) is 2.22. The van der Waals surface area contributed by atoms with Gasteiger partial charge in [-0.1, -0.05) is 17.8 Å². The van der Waals surface area contributed by atoms with Crippen LogP contribution < -0.4 is 0 Å². The van der Waals surface area contributed by atoms with E-state index in [-0.39, 0.29) is 32.1 Å². The number of thioether (sulfide) groups is 1. The number of carbonyl (C=O) groups is 3. The molecule has 11 heteroatoms. The SMILES string of the molecule is CN1C(=O)C2C(=O)C(=O)C(C(=N)SC(=N)Cc3ccc(F)cc3F)=C[N+]2(C)C12CCOCC2. The Morgan fingerprint density at radius 3 is 2.55 bits per heavy atom. The van der Waals surface area contributed by atoms with Crippen molar-refractivity contribution in [3.8, 4) is 0 Å². The Kier molecular flexibility index (Phi) is 5.83. The maximum Gasteiger partial charge on any atom is 0.294 e. The van der Waals surface area contributed by atoms with Gasteiger partial charge in [0.2, 0.25) is 11.8 Å². The fourth-order valence-electron chi connectivity index (χ4n) is 5.05. The molecule has 3 aliphatic heterocycles. The van der Waals surface area contributed by atoms with Crippen LogP contribution in [-0.4, -0.2) is 76.0 Å². The minimum Gasteiger partial charge on any atom is -0.381 e. The number of benzene rings is 1. The zero-order valence-corrected chi connectivity index (χ0v) is 18.9. The average molecular weight is 478 g/mol. The largest absolute Gasteiger partial charge is 0.381 e. The molecule has 33 heavy (non-hydrogen) atoms. The van der Waals surface area contributed by atoms with Crippen molar-refractivity contribution in [1.29, 1.82) is 10.8 Å². The monoisotopic (exact) mass is 477 g/mol. The fourth-order valence-corrected chi connectivity index (χ4v) is 5.77. The second kappa shape index (κ2) is 8.23. The summed E-state index contributed by atoms with van der Waals surface area (Å²) in [5.74, 6) is -3.81. The quantitative estimate of drug-likeness (QED) is 0.228. The number of fused-ring (bicyclic) bond motifs is 2. The zero-order valence-electron chi connectivity index (χ0n) is 18.1. The third-order valence-corrected chi connectivity index (χ3v) is 7.68. The van der Waals surface area contributed by atoms with Gasteiger partial charge < -0.3 is 4.74 Å². The molecule has 0 bridgehead atoms. The van der Waals surface area contributed by atoms with E-state index in [1.165, 1.54) is 17.2 Å². The molecular formula is C22H23F2N4O4S+. The third kappa shape index (κ3) is 3.54. The van der Waals surface area contributed by atoms with Crippen LogP contribution in [0.15, 0.2) is 30.0 Å². The van der Waals surface area contributed by atoms with Gasteiger partial charge in [-0.2, -0.15) is 0 Å². The molecule has 1 aromatic carbocycles. The first-order valence-corrected chi connectivity index (χ1v) is 11.1. The smallest absolute Gasteiger partial charge is 0.294 e. The van der Waals surface area contributed by atoms with Crippen molar-refractivity contribution in [1.82, 2.24) is 4.90 Å². The predicted molar refractivity (Wildman–Crippen MR) is 117 cm³/mol. The Bertz CT molecular complexity index is 1130. The maximum absolute atomic E-state index is 13.9. The van der Waals surface area contributed by atoms with Gasteiger partial charge in [0.15, 0.2) is 5.66 Å². The lowest BCUT2D eigenvalue weighted by Gasteiger charge is -2.49. The van der Waals surface area contributed by atoms with E-state index in [0.717, 1.165) is 6.07 Å². The van der Waals surface area contributed by atoms with E-state index in [0.29, 0.717) is 43.9 Å². The van der Waals surface area contributed by atoms with Crippen LogP contribution in [0.2, 0.25) is 0 Å². The van der Waals surface area contributed by atoms with Crippen LogP contribution in [0, 0.1) is 22.5 Å². The lowest BCUT2D eigenvalue weighted by Crippen LogP contribution is -2.67. The predicted octanol–water partition coefficient (Wildman–Crippen LogP) is 2.02. The number of carbonyl (C=O) groups excluding carboxylic acids is 3. The number of likely N-dealkylation sites (N-methyl/N-ethyl adjacent to an activating group) is 2. The van der Waals surface area contributed by atoms with Gasteiger partial charge in [0.05, 0.1) is 25.3 Å². The van der Waals surface area contributed by atoms with Crippen LogP contribution in [0.1, 0.15) is 18.4 Å². The van der Waals surface area contributed by atoms with Gasteiger partial charge >= 0.3 is 0 Å². The second-order valence-corrected chi connectivity index (χ2v) is 9.65. The van der Waals surface area contributed by atoms with E-state index in [1.54, 1.807) is 14.1 Å². The first-order chi connectivity index (χ1) is 15.5. The highest BCUT2D eigenvalue weighted by atomic mass is 32.2. The molecule has 1 amide bonds. The summed E-state index contributed by atoms with van der Waals surface area (Å²) in [5, 5.41) is 16.1. The molecule has 0 radical (unpaired) electrons. The van der Waals surface area contributed by atoms with Gasteiger partial charge in [-0.05, 0) is 11.6 Å². The Morgan fingerprint density at radius 1 is 1.24 bits per heavy atom. The molecule has 1 spiro atoms. The Balaban J connectivity index is 1.64. The van der Waals surface area contributed by atoms with Crippen molar-refractivity contribution in [3.63, 3.8) is 0 Å². The van der Waals surface area contributed by atoms with Gasteiger partial charge in [-0.3, -0.25) is 34.6 Å². The Hall–Kier alpha value is -2.76. The van der Waals surface area contributed by atoms with Crippen LogP contribution >= 0.6 is 11.8 Å². The molecular weight excluding hydrogens is 454 g/mol. The number of hydrogen-bond donors (Lipinski definition) is 2. The molecule has 1 aromatic rings. The van der Waals surface area contributed by atoms with Crippen molar-refractivity contribution in [2.24, 2.45) is 0 Å². The summed E-state index contributed by atoms with van der Waals surface area (Å²) in [7, 11) is 3.33. The number of Topliss-reactive ketones (excluding diaryl/α,β-unsaturated/α-hetero) is 2. The molecule has 2 fully saturated rings. The van der Waals surface area contributed by atoms with Crippen LogP contribution in [-0.2, 0) is 25.5 Å². The van der Waals surface area contributed by atoms with Gasteiger partial charge in [-0.15, -0.1) is 0 Å². The van der Waals surface area contributed by atoms with Crippen molar-refractivity contribution >= 4 is 39.3 Å². The molecule has 0 saturated carbocycles. The van der Waals surface area contributed by atoms with E-state index in [4.69, 9.17) is 15.6 Å². The van der Waals surface area contributed by atoms with E-state index in [2.05, 4.69) is 0 Å². The number of amides is 1. The van der Waals surface area contributed by atoms with E-state index in [1.807, 2.05) is 0 Å². The van der Waals surface area contributed by atoms with E-state index >= 15 is 0 Å². The van der Waals surface area contributed by atoms with Crippen LogP contribution in [0.3, 0.4) is 0 Å². The second-order valence-electron chi connectivity index (χ2n) is 8.54. The topological polar surface area (TPSA) is 111 Å². The van der Waals surface area contributed by atoms with Gasteiger partial charge in [0.25, 0.3) is 11.7 Å². The minimum absolute atomic E-state index is 0.0775. The fraction of sp³-hybridized carbons (Fsp3) is 0.409. The molecule has 0 aliphatic carbocycles. The Labute approximate surface area is 193 Å². The van der Waals surface area contributed by atoms with Crippen molar-refractivity contribution < 1.29 is 32.4 Å². The molecule has 3 aliphatic rings. The standard InChI is InChI=1S/C22H23F2N4O4S/c1-27-21(31)17-19(30)18(29)14(11-28(17,2)22(27)5-7-32-8-6-22)20(26)33-16(25)9-12-3-4-13(23)10-15(12)24/h3-4,10-11,17,25-26H,5-9H2,1-2H3/q+1. The van der Waals surface area contributed by atoms with Crippen LogP contribution in [0.5, 0.6) is 0 Å². The lowest BCUT2D eigenvalue weighted by molar-refractivity contribution is -0.921. The number of ketones is 2. The number of nitrogens with one attached hydrogen (secondary N) is 2. The van der Waals surface area contributed by atoms with E-state index in [9.17, 15) is 23.2 Å². The van der Waals surface area contributed by atoms with Gasteiger partial charge in [0, 0.05) is 32.4 Å². The van der Waals surface area contributed by atoms with Gasteiger partial charge in [0.1, 0.15) is 28.5 Å². The summed E-state index contributed by atoms with van der Waals surface area (Å²) < 4.78 is 32.4. The third-order valence-electron chi connectivity index (χ3n) is 6.87. The van der Waals surface area contributed by atoms with Crippen LogP contribution in [0.25, 0.3) is 0 Å². The van der Waals surface area contributed by atoms with Crippen molar-refractivity contribution in [2.45, 2.75) is 31.0 Å². The summed E-state index contributed by atoms with van der Waals surface area (Å²) in [6.45, 7) is 0.785. The summed E-state index contributed by atoms with van der Waals surface area (Å²) in [5.41, 5.74) is -0.882. The maximum atomic E-state index is 13.9. The van der Waals surface area contributed by atoms with Crippen molar-refractivity contribution in [3.05, 3.63) is 47.2 Å². The molecule has 2 unspecified atom stereocenters. The number of rotatable bonds is 3. The summed E-state index contributed by atoms with van der Waals surface area (Å²) in [6, 6.07) is 1.79. The first-order valence-electron chi connectivity index (χ1n) is 10.3. The number of halogens is 2. The molecule has 0 aromatic heterocycles. The number of nitrogens with zero attached hydrogens (tertiary/aromatic N) is 2. The summed E-state index contributed by atoms with van der Waals surface area (Å²) >= 11 is 0.621. The first kappa shape index (κ1) is 23.4. The molecule has 4 rings (SSSR count). The number of hydrogen-bond acceptors (Lipinski definition) is 7.